The van der Waals surface area contributed by atoms with E-state index in [1.807, 2.05) is 31.2 Å². The van der Waals surface area contributed by atoms with Crippen molar-refractivity contribution < 1.29 is 4.84 Å². The van der Waals surface area contributed by atoms with Crippen molar-refractivity contribution in [3.05, 3.63) is 70.3 Å². The predicted octanol–water partition coefficient (Wildman–Crippen LogP) is 4.98. The van der Waals surface area contributed by atoms with Crippen LogP contribution in [0, 0.1) is 13.8 Å². The highest BCUT2D eigenvalue weighted by atomic mass is 35.5. The second-order valence-electron chi connectivity index (χ2n) is 5.15. The second-order valence-corrected chi connectivity index (χ2v) is 5.42. The van der Waals surface area contributed by atoms with E-state index in [0.717, 1.165) is 22.4 Å². The first kappa shape index (κ1) is 15.6. The summed E-state index contributed by atoms with van der Waals surface area (Å²) in [6.45, 7) is 6.59. The molecule has 0 amide bonds. The SMILES string of the molecule is CC(=NOCc1ccccc1CCl)c1ccc(C)c(C)c1. The molecule has 0 aliphatic heterocycles. The number of benzene rings is 2. The van der Waals surface area contributed by atoms with Gasteiger partial charge in [0.2, 0.25) is 0 Å². The van der Waals surface area contributed by atoms with Gasteiger partial charge in [-0.15, -0.1) is 11.6 Å². The van der Waals surface area contributed by atoms with Crippen molar-refractivity contribution in [3.8, 4) is 0 Å². The minimum atomic E-state index is 0.436. The van der Waals surface area contributed by atoms with Crippen molar-refractivity contribution in [2.75, 3.05) is 0 Å². The first-order valence-electron chi connectivity index (χ1n) is 6.98. The lowest BCUT2D eigenvalue weighted by Crippen LogP contribution is -1.99. The zero-order valence-corrected chi connectivity index (χ0v) is 13.4. The van der Waals surface area contributed by atoms with Crippen molar-refractivity contribution in [1.82, 2.24) is 0 Å². The minimum absolute atomic E-state index is 0.436. The number of hydrogen-bond acceptors (Lipinski definition) is 2. The Morgan fingerprint density at radius 1 is 1.05 bits per heavy atom. The normalized spacial score (nSPS) is 11.5. The summed E-state index contributed by atoms with van der Waals surface area (Å²) in [5.74, 6) is 0.486. The molecular formula is C18H20ClNO. The summed E-state index contributed by atoms with van der Waals surface area (Å²) >= 11 is 5.91. The van der Waals surface area contributed by atoms with Gasteiger partial charge in [0.15, 0.2) is 0 Å². The maximum absolute atomic E-state index is 5.91. The van der Waals surface area contributed by atoms with E-state index in [4.69, 9.17) is 16.4 Å². The molecule has 0 aromatic heterocycles. The summed E-state index contributed by atoms with van der Waals surface area (Å²) in [5, 5.41) is 4.21. The van der Waals surface area contributed by atoms with Crippen LogP contribution in [0.4, 0.5) is 0 Å². The van der Waals surface area contributed by atoms with Crippen LogP contribution in [0.15, 0.2) is 47.6 Å². The van der Waals surface area contributed by atoms with Crippen LogP contribution in [0.5, 0.6) is 0 Å². The minimum Gasteiger partial charge on any atom is -0.391 e. The Morgan fingerprint density at radius 3 is 2.43 bits per heavy atom. The van der Waals surface area contributed by atoms with Gasteiger partial charge in [-0.2, -0.15) is 0 Å². The van der Waals surface area contributed by atoms with E-state index < -0.39 is 0 Å². The van der Waals surface area contributed by atoms with Gasteiger partial charge in [-0.25, -0.2) is 0 Å². The average molecular weight is 302 g/mol. The van der Waals surface area contributed by atoms with Crippen LogP contribution >= 0.6 is 11.6 Å². The standard InChI is InChI=1S/C18H20ClNO/c1-13-8-9-16(10-14(13)2)15(3)20-21-12-18-7-5-4-6-17(18)11-19/h4-10H,11-12H2,1-3H3. The molecule has 2 aromatic carbocycles. The molecule has 0 aliphatic carbocycles. The van der Waals surface area contributed by atoms with Gasteiger partial charge in [-0.3, -0.25) is 0 Å². The molecule has 2 rings (SSSR count). The Balaban J connectivity index is 2.05. The molecule has 0 aliphatic rings. The molecule has 0 unspecified atom stereocenters. The smallest absolute Gasteiger partial charge is 0.142 e. The van der Waals surface area contributed by atoms with Gasteiger partial charge in [0.05, 0.1) is 5.71 Å². The van der Waals surface area contributed by atoms with Crippen molar-refractivity contribution in [2.24, 2.45) is 5.16 Å². The van der Waals surface area contributed by atoms with Gasteiger partial charge >= 0.3 is 0 Å². The second kappa shape index (κ2) is 7.28. The van der Waals surface area contributed by atoms with E-state index in [1.54, 1.807) is 0 Å². The summed E-state index contributed by atoms with van der Waals surface area (Å²) in [6, 6.07) is 14.3. The summed E-state index contributed by atoms with van der Waals surface area (Å²) in [4.78, 5) is 5.48. The number of alkyl halides is 1. The summed E-state index contributed by atoms with van der Waals surface area (Å²) in [7, 11) is 0. The zero-order valence-electron chi connectivity index (χ0n) is 12.7. The van der Waals surface area contributed by atoms with E-state index in [0.29, 0.717) is 12.5 Å². The molecular weight excluding hydrogens is 282 g/mol. The molecule has 0 saturated heterocycles. The molecule has 0 spiro atoms. The molecule has 0 radical (unpaired) electrons. The highest BCUT2D eigenvalue weighted by Gasteiger charge is 2.03. The number of oxime groups is 1. The molecule has 0 N–H and O–H groups in total. The number of halogens is 1. The lowest BCUT2D eigenvalue weighted by atomic mass is 10.0. The van der Waals surface area contributed by atoms with Crippen LogP contribution in [0.25, 0.3) is 0 Å². The van der Waals surface area contributed by atoms with E-state index in [1.165, 1.54) is 11.1 Å². The maximum atomic E-state index is 5.91. The van der Waals surface area contributed by atoms with E-state index in [2.05, 4.69) is 37.2 Å². The average Bonchev–Trinajstić information content (AvgIpc) is 2.50. The molecule has 0 fully saturated rings. The molecule has 0 heterocycles. The number of rotatable bonds is 5. The maximum Gasteiger partial charge on any atom is 0.142 e. The van der Waals surface area contributed by atoms with E-state index in [9.17, 15) is 0 Å². The largest absolute Gasteiger partial charge is 0.391 e. The summed E-state index contributed by atoms with van der Waals surface area (Å²) in [6.07, 6.45) is 0. The lowest BCUT2D eigenvalue weighted by Gasteiger charge is -2.07. The molecule has 21 heavy (non-hydrogen) atoms. The van der Waals surface area contributed by atoms with Crippen molar-refractivity contribution in [1.29, 1.82) is 0 Å². The molecule has 110 valence electrons. The van der Waals surface area contributed by atoms with Gasteiger partial charge in [0.1, 0.15) is 6.61 Å². The van der Waals surface area contributed by atoms with Crippen LogP contribution in [0.3, 0.4) is 0 Å². The van der Waals surface area contributed by atoms with Gasteiger partial charge in [-0.05, 0) is 54.7 Å². The monoisotopic (exact) mass is 301 g/mol. The third-order valence-electron chi connectivity index (χ3n) is 3.61. The lowest BCUT2D eigenvalue weighted by molar-refractivity contribution is 0.130. The number of aryl methyl sites for hydroxylation is 2. The first-order chi connectivity index (χ1) is 10.1. The Labute approximate surface area is 131 Å². The number of nitrogens with zero attached hydrogens (tertiary/aromatic N) is 1. The topological polar surface area (TPSA) is 21.6 Å². The van der Waals surface area contributed by atoms with Gasteiger partial charge < -0.3 is 4.84 Å². The summed E-state index contributed by atoms with van der Waals surface area (Å²) < 4.78 is 0. The fourth-order valence-corrected chi connectivity index (χ4v) is 2.31. The van der Waals surface area contributed by atoms with Crippen LogP contribution in [0.1, 0.15) is 34.7 Å². The van der Waals surface area contributed by atoms with Gasteiger partial charge in [-0.1, -0.05) is 41.6 Å². The van der Waals surface area contributed by atoms with Crippen LogP contribution in [-0.2, 0) is 17.3 Å². The van der Waals surface area contributed by atoms with Crippen molar-refractivity contribution in [2.45, 2.75) is 33.3 Å². The fourth-order valence-electron chi connectivity index (χ4n) is 2.05. The molecule has 3 heteroatoms. The quantitative estimate of drug-likeness (QED) is 0.433. The molecule has 0 bridgehead atoms. The van der Waals surface area contributed by atoms with Crippen molar-refractivity contribution in [3.63, 3.8) is 0 Å². The number of hydrogen-bond donors (Lipinski definition) is 0. The van der Waals surface area contributed by atoms with E-state index >= 15 is 0 Å². The molecule has 0 saturated carbocycles. The van der Waals surface area contributed by atoms with Crippen LogP contribution in [0.2, 0.25) is 0 Å². The van der Waals surface area contributed by atoms with Gasteiger partial charge in [0, 0.05) is 5.88 Å². The third kappa shape index (κ3) is 4.08. The summed E-state index contributed by atoms with van der Waals surface area (Å²) in [5.41, 5.74) is 6.66. The Bertz CT molecular complexity index is 649. The Hall–Kier alpha value is -1.80. The zero-order chi connectivity index (χ0) is 15.2. The highest BCUT2D eigenvalue weighted by Crippen LogP contribution is 2.14. The molecule has 2 aromatic rings. The third-order valence-corrected chi connectivity index (χ3v) is 3.90. The van der Waals surface area contributed by atoms with Crippen LogP contribution in [-0.4, -0.2) is 5.71 Å². The first-order valence-corrected chi connectivity index (χ1v) is 7.52. The van der Waals surface area contributed by atoms with E-state index in [-0.39, 0.29) is 0 Å². The molecule has 0 atom stereocenters. The van der Waals surface area contributed by atoms with Crippen molar-refractivity contribution >= 4 is 17.3 Å². The Morgan fingerprint density at radius 2 is 1.76 bits per heavy atom. The van der Waals surface area contributed by atoms with Gasteiger partial charge in [0.25, 0.3) is 0 Å². The predicted molar refractivity (Wildman–Crippen MR) is 88.9 cm³/mol. The fraction of sp³-hybridized carbons (Fsp3) is 0.278. The highest BCUT2D eigenvalue weighted by molar-refractivity contribution is 6.17. The Kier molecular flexibility index (Phi) is 5.40. The molecule has 2 nitrogen and oxygen atoms in total. The van der Waals surface area contributed by atoms with Crippen LogP contribution < -0.4 is 0 Å².